The highest BCUT2D eigenvalue weighted by molar-refractivity contribution is 6.28. The number of imide groups is 1. The molecular weight excluding hydrogens is 314 g/mol. The van der Waals surface area contributed by atoms with Crippen molar-refractivity contribution >= 4 is 35.4 Å². The summed E-state index contributed by atoms with van der Waals surface area (Å²) in [6.45, 7) is 3.47. The highest BCUT2D eigenvalue weighted by Crippen LogP contribution is 2.27. The third-order valence-electron chi connectivity index (χ3n) is 3.98. The van der Waals surface area contributed by atoms with Crippen molar-refractivity contribution in [2.75, 3.05) is 4.90 Å². The largest absolute Gasteiger partial charge is 0.295 e. The topological polar surface area (TPSA) is 54.5 Å². The summed E-state index contributed by atoms with van der Waals surface area (Å²) >= 11 is 0. The van der Waals surface area contributed by atoms with Gasteiger partial charge in [-0.15, -0.1) is 0 Å². The number of Topliss-reactive ketones (excluding diaryl/α,β-unsaturated/α-hetero) is 1. The monoisotopic (exact) mass is 331 g/mol. The first kappa shape index (κ1) is 16.6. The van der Waals surface area contributed by atoms with Crippen LogP contribution in [0.4, 0.5) is 5.69 Å². The summed E-state index contributed by atoms with van der Waals surface area (Å²) in [6.07, 6.45) is 6.25. The normalized spacial score (nSPS) is 13.9. The molecule has 0 saturated carbocycles. The minimum Gasteiger partial charge on any atom is -0.295 e. The van der Waals surface area contributed by atoms with Gasteiger partial charge in [0.05, 0.1) is 5.69 Å². The van der Waals surface area contributed by atoms with Crippen molar-refractivity contribution < 1.29 is 14.4 Å². The Kier molecular flexibility index (Phi) is 4.44. The molecule has 0 spiro atoms. The number of amides is 2. The number of nitrogens with zero attached hydrogens (tertiary/aromatic N) is 1. The Morgan fingerprint density at radius 3 is 2.36 bits per heavy atom. The van der Waals surface area contributed by atoms with Crippen LogP contribution in [0.3, 0.4) is 0 Å². The van der Waals surface area contributed by atoms with E-state index in [4.69, 9.17) is 0 Å². The molecule has 0 bridgehead atoms. The summed E-state index contributed by atoms with van der Waals surface area (Å²) in [4.78, 5) is 36.6. The highest BCUT2D eigenvalue weighted by atomic mass is 16.2. The van der Waals surface area contributed by atoms with Crippen molar-refractivity contribution in [3.63, 3.8) is 0 Å². The fourth-order valence-electron chi connectivity index (χ4n) is 2.70. The third-order valence-corrected chi connectivity index (χ3v) is 3.98. The van der Waals surface area contributed by atoms with Crippen molar-refractivity contribution in [1.82, 2.24) is 0 Å². The van der Waals surface area contributed by atoms with Gasteiger partial charge in [0, 0.05) is 17.7 Å². The van der Waals surface area contributed by atoms with Crippen LogP contribution in [0.2, 0.25) is 0 Å². The van der Waals surface area contributed by atoms with Crippen LogP contribution in [0.25, 0.3) is 12.2 Å². The Morgan fingerprint density at radius 2 is 1.68 bits per heavy atom. The van der Waals surface area contributed by atoms with Crippen molar-refractivity contribution in [3.05, 3.63) is 76.9 Å². The van der Waals surface area contributed by atoms with Crippen LogP contribution in [0.1, 0.15) is 34.0 Å². The van der Waals surface area contributed by atoms with E-state index in [0.29, 0.717) is 11.3 Å². The van der Waals surface area contributed by atoms with Gasteiger partial charge in [0.1, 0.15) is 0 Å². The average Bonchev–Trinajstić information content (AvgIpc) is 2.92. The Bertz CT molecular complexity index is 920. The Labute approximate surface area is 146 Å². The molecule has 1 aliphatic rings. The molecule has 25 heavy (non-hydrogen) atoms. The lowest BCUT2D eigenvalue weighted by Crippen LogP contribution is -2.30. The lowest BCUT2D eigenvalue weighted by atomic mass is 10.0. The number of hydrogen-bond acceptors (Lipinski definition) is 3. The number of benzene rings is 2. The minimum absolute atomic E-state index is 0.00540. The van der Waals surface area contributed by atoms with Crippen molar-refractivity contribution in [2.24, 2.45) is 0 Å². The van der Waals surface area contributed by atoms with E-state index in [9.17, 15) is 14.4 Å². The highest BCUT2D eigenvalue weighted by Gasteiger charge is 2.26. The molecule has 0 aromatic heterocycles. The predicted molar refractivity (Wildman–Crippen MR) is 98.2 cm³/mol. The van der Waals surface area contributed by atoms with Crippen molar-refractivity contribution in [3.8, 4) is 0 Å². The van der Waals surface area contributed by atoms with Gasteiger partial charge in [-0.05, 0) is 43.2 Å². The summed E-state index contributed by atoms with van der Waals surface area (Å²) in [5.41, 5.74) is 3.84. The maximum atomic E-state index is 12.0. The number of carbonyl (C=O) groups excluding carboxylic acids is 3. The molecule has 0 N–H and O–H groups in total. The van der Waals surface area contributed by atoms with E-state index in [0.717, 1.165) is 21.6 Å². The standard InChI is InChI=1S/C21H17NO3/c1-14-6-9-19(22-20(24)10-11-21(22)25)18(12-14)8-7-16-4-3-5-17(13-16)15(2)23/h3-13H,1-2H3/b8-7+. The quantitative estimate of drug-likeness (QED) is 0.486. The molecule has 0 radical (unpaired) electrons. The molecule has 0 atom stereocenters. The molecular formula is C21H17NO3. The number of hydrogen-bond donors (Lipinski definition) is 0. The molecule has 124 valence electrons. The average molecular weight is 331 g/mol. The Hall–Kier alpha value is -3.27. The van der Waals surface area contributed by atoms with Gasteiger partial charge in [-0.1, -0.05) is 42.0 Å². The third kappa shape index (κ3) is 3.48. The second kappa shape index (κ2) is 6.69. The summed E-state index contributed by atoms with van der Waals surface area (Å²) in [5, 5.41) is 0. The second-order valence-corrected chi connectivity index (χ2v) is 5.92. The Balaban J connectivity index is 1.99. The Morgan fingerprint density at radius 1 is 0.960 bits per heavy atom. The van der Waals surface area contributed by atoms with Crippen LogP contribution in [-0.2, 0) is 9.59 Å². The maximum Gasteiger partial charge on any atom is 0.258 e. The van der Waals surface area contributed by atoms with Crippen LogP contribution in [0, 0.1) is 6.92 Å². The molecule has 1 heterocycles. The molecule has 3 rings (SSSR count). The van der Waals surface area contributed by atoms with Crippen LogP contribution in [0.5, 0.6) is 0 Å². The van der Waals surface area contributed by atoms with Crippen LogP contribution >= 0.6 is 0 Å². The molecule has 0 unspecified atom stereocenters. The van der Waals surface area contributed by atoms with E-state index < -0.39 is 0 Å². The summed E-state index contributed by atoms with van der Waals surface area (Å²) in [5.74, 6) is -0.685. The lowest BCUT2D eigenvalue weighted by Gasteiger charge is -2.17. The van der Waals surface area contributed by atoms with Crippen molar-refractivity contribution in [1.29, 1.82) is 0 Å². The van der Waals surface area contributed by atoms with Crippen LogP contribution < -0.4 is 4.90 Å². The molecule has 0 aliphatic carbocycles. The van der Waals surface area contributed by atoms with E-state index in [1.54, 1.807) is 12.1 Å². The van der Waals surface area contributed by atoms with Gasteiger partial charge in [0.25, 0.3) is 11.8 Å². The fraction of sp³-hybridized carbons (Fsp3) is 0.0952. The number of aryl methyl sites for hydroxylation is 1. The predicted octanol–water partition coefficient (Wildman–Crippen LogP) is 3.80. The summed E-state index contributed by atoms with van der Waals surface area (Å²) < 4.78 is 0. The number of anilines is 1. The number of ketones is 1. The summed E-state index contributed by atoms with van der Waals surface area (Å²) in [7, 11) is 0. The molecule has 2 aromatic carbocycles. The second-order valence-electron chi connectivity index (χ2n) is 5.92. The minimum atomic E-state index is -0.345. The van der Waals surface area contributed by atoms with Gasteiger partial charge in [-0.2, -0.15) is 0 Å². The van der Waals surface area contributed by atoms with E-state index in [1.165, 1.54) is 19.1 Å². The zero-order valence-corrected chi connectivity index (χ0v) is 14.0. The van der Waals surface area contributed by atoms with Gasteiger partial charge >= 0.3 is 0 Å². The first-order chi connectivity index (χ1) is 12.0. The summed E-state index contributed by atoms with van der Waals surface area (Å²) in [6, 6.07) is 12.8. The zero-order valence-electron chi connectivity index (χ0n) is 14.0. The molecule has 4 nitrogen and oxygen atoms in total. The van der Waals surface area contributed by atoms with E-state index in [2.05, 4.69) is 0 Å². The van der Waals surface area contributed by atoms with Gasteiger partial charge < -0.3 is 0 Å². The molecule has 4 heteroatoms. The van der Waals surface area contributed by atoms with E-state index >= 15 is 0 Å². The molecule has 0 saturated heterocycles. The van der Waals surface area contributed by atoms with Gasteiger partial charge in [0.15, 0.2) is 5.78 Å². The zero-order chi connectivity index (χ0) is 18.0. The molecule has 1 aliphatic heterocycles. The van der Waals surface area contributed by atoms with Gasteiger partial charge in [-0.25, -0.2) is 4.90 Å². The van der Waals surface area contributed by atoms with Crippen LogP contribution in [-0.4, -0.2) is 17.6 Å². The SMILES string of the molecule is CC(=O)c1cccc(/C=C/c2cc(C)ccc2N2C(=O)C=CC2=O)c1. The lowest BCUT2D eigenvalue weighted by molar-refractivity contribution is -0.119. The molecule has 2 amide bonds. The molecule has 2 aromatic rings. The smallest absolute Gasteiger partial charge is 0.258 e. The van der Waals surface area contributed by atoms with Gasteiger partial charge in [0.2, 0.25) is 0 Å². The van der Waals surface area contributed by atoms with Crippen molar-refractivity contribution in [2.45, 2.75) is 13.8 Å². The van der Waals surface area contributed by atoms with E-state index in [-0.39, 0.29) is 17.6 Å². The van der Waals surface area contributed by atoms with Gasteiger partial charge in [-0.3, -0.25) is 14.4 Å². The maximum absolute atomic E-state index is 12.0. The first-order valence-corrected chi connectivity index (χ1v) is 7.91. The fourth-order valence-corrected chi connectivity index (χ4v) is 2.70. The van der Waals surface area contributed by atoms with Crippen LogP contribution in [0.15, 0.2) is 54.6 Å². The first-order valence-electron chi connectivity index (χ1n) is 7.91. The number of rotatable bonds is 4. The van der Waals surface area contributed by atoms with E-state index in [1.807, 2.05) is 49.4 Å². The number of carbonyl (C=O) groups is 3. The molecule has 0 fully saturated rings.